The summed E-state index contributed by atoms with van der Waals surface area (Å²) in [6.45, 7) is 8.30. The normalized spacial score (nSPS) is 9.77. The molecule has 0 fully saturated rings. The Kier molecular flexibility index (Phi) is 5.26. The highest BCUT2D eigenvalue weighted by atomic mass is 19.3. The molecule has 0 saturated heterocycles. The number of hydrogen-bond donors (Lipinski definition) is 0. The Hall–Kier alpha value is -0.930. The molecule has 0 aromatic carbocycles. The minimum absolute atomic E-state index is 0.135. The lowest BCUT2D eigenvalue weighted by molar-refractivity contribution is 0.146. The van der Waals surface area contributed by atoms with E-state index in [1.165, 1.54) is 6.20 Å². The van der Waals surface area contributed by atoms with Crippen molar-refractivity contribution in [2.45, 2.75) is 40.7 Å². The van der Waals surface area contributed by atoms with Gasteiger partial charge in [-0.3, -0.25) is 0 Å². The van der Waals surface area contributed by atoms with Crippen LogP contribution in [0.5, 0.6) is 0 Å². The van der Waals surface area contributed by atoms with E-state index < -0.39 is 6.43 Å². The molecule has 0 N–H and O–H groups in total. The zero-order valence-electron chi connectivity index (χ0n) is 8.51. The molecule has 4 heteroatoms. The van der Waals surface area contributed by atoms with Crippen molar-refractivity contribution in [1.82, 2.24) is 9.55 Å². The molecule has 0 aliphatic heterocycles. The second-order valence-corrected chi connectivity index (χ2v) is 2.30. The molecule has 0 unspecified atom stereocenters. The molecule has 0 aliphatic carbocycles. The highest BCUT2D eigenvalue weighted by Gasteiger charge is 2.11. The highest BCUT2D eigenvalue weighted by Crippen LogP contribution is 2.17. The number of aromatic nitrogens is 2. The number of alkyl halides is 2. The lowest BCUT2D eigenvalue weighted by Gasteiger charge is -1.95. The van der Waals surface area contributed by atoms with E-state index in [4.69, 9.17) is 0 Å². The van der Waals surface area contributed by atoms with Crippen LogP contribution in [0.1, 0.15) is 38.7 Å². The van der Waals surface area contributed by atoms with Gasteiger partial charge in [-0.05, 0) is 13.8 Å². The van der Waals surface area contributed by atoms with Gasteiger partial charge >= 0.3 is 0 Å². The molecule has 0 radical (unpaired) electrons. The van der Waals surface area contributed by atoms with Crippen molar-refractivity contribution in [1.29, 1.82) is 0 Å². The molecule has 0 atom stereocenters. The largest absolute Gasteiger partial charge is 0.335 e. The minimum atomic E-state index is -2.46. The van der Waals surface area contributed by atoms with Crippen molar-refractivity contribution in [3.63, 3.8) is 0 Å². The average Bonchev–Trinajstić information content (AvgIpc) is 2.50. The summed E-state index contributed by atoms with van der Waals surface area (Å²) in [5.74, 6) is 0.641. The number of halogens is 2. The van der Waals surface area contributed by atoms with Crippen molar-refractivity contribution < 1.29 is 8.78 Å². The summed E-state index contributed by atoms with van der Waals surface area (Å²) in [5.41, 5.74) is -0.135. The van der Waals surface area contributed by atoms with Crippen molar-refractivity contribution in [2.24, 2.45) is 0 Å². The van der Waals surface area contributed by atoms with Crippen molar-refractivity contribution >= 4 is 0 Å². The molecule has 1 heterocycles. The van der Waals surface area contributed by atoms with Gasteiger partial charge in [0.05, 0.1) is 0 Å². The molecule has 0 spiro atoms. The maximum Gasteiger partial charge on any atom is 0.281 e. The van der Waals surface area contributed by atoms with Crippen LogP contribution in [0.2, 0.25) is 0 Å². The molecule has 1 aromatic heterocycles. The van der Waals surface area contributed by atoms with Crippen LogP contribution in [0.3, 0.4) is 0 Å². The number of imidazole rings is 1. The van der Waals surface area contributed by atoms with Crippen LogP contribution in [0, 0.1) is 6.92 Å². The number of rotatable bonds is 2. The van der Waals surface area contributed by atoms with E-state index in [0.717, 1.165) is 0 Å². The standard InChI is InChI=1S/C7H10F2N2.C2H6/c1-3-11-4-6(7(8)9)10-5(11)2;1-2/h4,7H,3H2,1-2H3;1-2H3. The Morgan fingerprint density at radius 1 is 1.46 bits per heavy atom. The SMILES string of the molecule is CC.CCn1cc(C(F)F)nc1C. The van der Waals surface area contributed by atoms with Crippen molar-refractivity contribution in [3.8, 4) is 0 Å². The fraction of sp³-hybridized carbons (Fsp3) is 0.667. The van der Waals surface area contributed by atoms with Crippen LogP contribution >= 0.6 is 0 Å². The van der Waals surface area contributed by atoms with E-state index in [-0.39, 0.29) is 5.69 Å². The first-order valence-corrected chi connectivity index (χ1v) is 4.47. The van der Waals surface area contributed by atoms with E-state index in [1.54, 1.807) is 11.5 Å². The molecule has 0 amide bonds. The van der Waals surface area contributed by atoms with Gasteiger partial charge in [0.25, 0.3) is 6.43 Å². The molecule has 2 nitrogen and oxygen atoms in total. The maximum atomic E-state index is 12.0. The van der Waals surface area contributed by atoms with Crippen LogP contribution < -0.4 is 0 Å². The van der Waals surface area contributed by atoms with Crippen LogP contribution in [0.15, 0.2) is 6.20 Å². The predicted octanol–water partition coefficient (Wildman–Crippen LogP) is 3.18. The zero-order valence-corrected chi connectivity index (χ0v) is 8.51. The van der Waals surface area contributed by atoms with Gasteiger partial charge in [-0.25, -0.2) is 13.8 Å². The number of hydrogen-bond acceptors (Lipinski definition) is 1. The lowest BCUT2D eigenvalue weighted by atomic mass is 10.5. The Morgan fingerprint density at radius 2 is 2.00 bits per heavy atom. The maximum absolute atomic E-state index is 12.0. The first-order valence-electron chi connectivity index (χ1n) is 4.47. The fourth-order valence-electron chi connectivity index (χ4n) is 0.958. The predicted molar refractivity (Wildman–Crippen MR) is 48.9 cm³/mol. The third-order valence-corrected chi connectivity index (χ3v) is 1.56. The second kappa shape index (κ2) is 5.67. The highest BCUT2D eigenvalue weighted by molar-refractivity contribution is 5.03. The van der Waals surface area contributed by atoms with Crippen molar-refractivity contribution in [3.05, 3.63) is 17.7 Å². The average molecular weight is 190 g/mol. The summed E-state index contributed by atoms with van der Waals surface area (Å²) in [4.78, 5) is 3.69. The van der Waals surface area contributed by atoms with Gasteiger partial charge in [0.15, 0.2) is 0 Å². The molecular formula is C9H16F2N2. The van der Waals surface area contributed by atoms with E-state index in [1.807, 2.05) is 20.8 Å². The van der Waals surface area contributed by atoms with E-state index in [0.29, 0.717) is 12.4 Å². The van der Waals surface area contributed by atoms with Crippen molar-refractivity contribution in [2.75, 3.05) is 0 Å². The molecular weight excluding hydrogens is 174 g/mol. The molecule has 0 saturated carbocycles. The monoisotopic (exact) mass is 190 g/mol. The minimum Gasteiger partial charge on any atom is -0.335 e. The van der Waals surface area contributed by atoms with E-state index >= 15 is 0 Å². The molecule has 1 rings (SSSR count). The van der Waals surface area contributed by atoms with Gasteiger partial charge in [0.2, 0.25) is 0 Å². The third-order valence-electron chi connectivity index (χ3n) is 1.56. The Morgan fingerprint density at radius 3 is 2.23 bits per heavy atom. The van der Waals surface area contributed by atoms with E-state index in [9.17, 15) is 8.78 Å². The molecule has 1 aromatic rings. The molecule has 76 valence electrons. The second-order valence-electron chi connectivity index (χ2n) is 2.30. The first-order chi connectivity index (χ1) is 6.15. The van der Waals surface area contributed by atoms with Gasteiger partial charge in [0.1, 0.15) is 11.5 Å². The zero-order chi connectivity index (χ0) is 10.4. The lowest BCUT2D eigenvalue weighted by Crippen LogP contribution is -1.93. The van der Waals surface area contributed by atoms with Crippen LogP contribution in [-0.2, 0) is 6.54 Å². The summed E-state index contributed by atoms with van der Waals surface area (Å²) >= 11 is 0. The van der Waals surface area contributed by atoms with Gasteiger partial charge in [-0.15, -0.1) is 0 Å². The smallest absolute Gasteiger partial charge is 0.281 e. The Labute approximate surface area is 77.6 Å². The number of aryl methyl sites for hydroxylation is 2. The van der Waals surface area contributed by atoms with Crippen LogP contribution in [0.25, 0.3) is 0 Å². The summed E-state index contributed by atoms with van der Waals surface area (Å²) in [7, 11) is 0. The summed E-state index contributed by atoms with van der Waals surface area (Å²) in [6.07, 6.45) is -1.07. The fourth-order valence-corrected chi connectivity index (χ4v) is 0.958. The summed E-state index contributed by atoms with van der Waals surface area (Å²) in [6, 6.07) is 0. The topological polar surface area (TPSA) is 17.8 Å². The van der Waals surface area contributed by atoms with Gasteiger partial charge < -0.3 is 4.57 Å². The van der Waals surface area contributed by atoms with Crippen LogP contribution in [-0.4, -0.2) is 9.55 Å². The van der Waals surface area contributed by atoms with Gasteiger partial charge in [-0.1, -0.05) is 13.8 Å². The first kappa shape index (κ1) is 12.1. The molecule has 0 aliphatic rings. The summed E-state index contributed by atoms with van der Waals surface area (Å²) in [5, 5.41) is 0. The Balaban J connectivity index is 0.000000671. The molecule has 13 heavy (non-hydrogen) atoms. The van der Waals surface area contributed by atoms with Gasteiger partial charge in [-0.2, -0.15) is 0 Å². The molecule has 0 bridgehead atoms. The number of nitrogens with zero attached hydrogens (tertiary/aromatic N) is 2. The third kappa shape index (κ3) is 3.13. The quantitative estimate of drug-likeness (QED) is 0.700. The van der Waals surface area contributed by atoms with Crippen LogP contribution in [0.4, 0.5) is 8.78 Å². The van der Waals surface area contributed by atoms with E-state index in [2.05, 4.69) is 4.98 Å². The van der Waals surface area contributed by atoms with Gasteiger partial charge in [0, 0.05) is 12.7 Å². The Bertz CT molecular complexity index is 244. The summed E-state index contributed by atoms with van der Waals surface area (Å²) < 4.78 is 25.7.